The molecule has 2 N–H and O–H groups in total. The van der Waals surface area contributed by atoms with Crippen molar-refractivity contribution in [3.63, 3.8) is 0 Å². The fourth-order valence-corrected chi connectivity index (χ4v) is 4.22. The Balaban J connectivity index is 2.21. The largest absolute Gasteiger partial charge is 0.313 e. The van der Waals surface area contributed by atoms with Crippen molar-refractivity contribution in [2.75, 3.05) is 33.7 Å². The summed E-state index contributed by atoms with van der Waals surface area (Å²) in [6.45, 7) is 1.78. The SMILES string of the molecule is CN(C)S(=O)(=O)c1cccc(S(=O)(=O)NCC2=CCNCC2)c1. The number of nitrogens with zero attached hydrogens (tertiary/aromatic N) is 1. The molecule has 1 aliphatic heterocycles. The Kier molecular flexibility index (Phi) is 5.58. The van der Waals surface area contributed by atoms with Crippen LogP contribution < -0.4 is 10.0 Å². The average molecular weight is 359 g/mol. The molecule has 1 aliphatic rings. The van der Waals surface area contributed by atoms with Gasteiger partial charge in [0.15, 0.2) is 0 Å². The Labute approximate surface area is 137 Å². The first-order chi connectivity index (χ1) is 10.7. The van der Waals surface area contributed by atoms with Crippen molar-refractivity contribution in [3.8, 4) is 0 Å². The average Bonchev–Trinajstić information content (AvgIpc) is 2.54. The van der Waals surface area contributed by atoms with Gasteiger partial charge in [-0.15, -0.1) is 0 Å². The highest BCUT2D eigenvalue weighted by Crippen LogP contribution is 2.18. The first-order valence-corrected chi connectivity index (χ1v) is 10.1. The molecule has 0 spiro atoms. The van der Waals surface area contributed by atoms with Crippen molar-refractivity contribution in [1.29, 1.82) is 0 Å². The molecule has 0 radical (unpaired) electrons. The van der Waals surface area contributed by atoms with E-state index in [1.165, 1.54) is 38.4 Å². The lowest BCUT2D eigenvalue weighted by Gasteiger charge is -2.15. The Morgan fingerprint density at radius 1 is 1.17 bits per heavy atom. The van der Waals surface area contributed by atoms with Gasteiger partial charge in [-0.2, -0.15) is 0 Å². The van der Waals surface area contributed by atoms with Gasteiger partial charge in [0.1, 0.15) is 0 Å². The van der Waals surface area contributed by atoms with Gasteiger partial charge >= 0.3 is 0 Å². The summed E-state index contributed by atoms with van der Waals surface area (Å²) in [6, 6.07) is 5.36. The van der Waals surface area contributed by atoms with E-state index in [0.29, 0.717) is 0 Å². The van der Waals surface area contributed by atoms with E-state index in [1.54, 1.807) is 0 Å². The van der Waals surface area contributed by atoms with Gasteiger partial charge in [0.2, 0.25) is 20.0 Å². The maximum atomic E-state index is 12.4. The molecule has 0 atom stereocenters. The molecule has 0 amide bonds. The first kappa shape index (κ1) is 18.1. The van der Waals surface area contributed by atoms with Crippen molar-refractivity contribution in [2.24, 2.45) is 0 Å². The standard InChI is InChI=1S/C14H21N3O4S2/c1-17(2)23(20,21)14-5-3-4-13(10-14)22(18,19)16-11-12-6-8-15-9-7-12/h3-6,10,15-16H,7-9,11H2,1-2H3. The lowest BCUT2D eigenvalue weighted by Crippen LogP contribution is -2.30. The summed E-state index contributed by atoms with van der Waals surface area (Å²) < 4.78 is 52.5. The third-order valence-electron chi connectivity index (χ3n) is 3.54. The van der Waals surface area contributed by atoms with E-state index in [-0.39, 0.29) is 16.3 Å². The van der Waals surface area contributed by atoms with Crippen LogP contribution in [-0.4, -0.2) is 54.9 Å². The van der Waals surface area contributed by atoms with Gasteiger partial charge in [-0.1, -0.05) is 17.7 Å². The van der Waals surface area contributed by atoms with E-state index in [2.05, 4.69) is 10.0 Å². The number of hydrogen-bond donors (Lipinski definition) is 2. The van der Waals surface area contributed by atoms with E-state index in [1.807, 2.05) is 6.08 Å². The van der Waals surface area contributed by atoms with Crippen molar-refractivity contribution in [2.45, 2.75) is 16.2 Å². The second kappa shape index (κ2) is 7.10. The monoisotopic (exact) mass is 359 g/mol. The van der Waals surface area contributed by atoms with E-state index >= 15 is 0 Å². The molecule has 9 heteroatoms. The van der Waals surface area contributed by atoms with Crippen LogP contribution in [0.15, 0.2) is 45.7 Å². The predicted molar refractivity (Wildman–Crippen MR) is 88.1 cm³/mol. The van der Waals surface area contributed by atoms with Crippen LogP contribution in [0.4, 0.5) is 0 Å². The molecule has 0 aromatic heterocycles. The molecule has 0 bridgehead atoms. The number of sulfonamides is 2. The van der Waals surface area contributed by atoms with Gasteiger partial charge in [0.25, 0.3) is 0 Å². The van der Waals surface area contributed by atoms with Crippen molar-refractivity contribution in [1.82, 2.24) is 14.3 Å². The highest BCUT2D eigenvalue weighted by Gasteiger charge is 2.21. The van der Waals surface area contributed by atoms with Crippen LogP contribution >= 0.6 is 0 Å². The highest BCUT2D eigenvalue weighted by atomic mass is 32.2. The molecule has 7 nitrogen and oxygen atoms in total. The molecule has 128 valence electrons. The van der Waals surface area contributed by atoms with E-state index in [0.717, 1.165) is 29.4 Å². The van der Waals surface area contributed by atoms with Crippen LogP contribution in [0.1, 0.15) is 6.42 Å². The van der Waals surface area contributed by atoms with Gasteiger partial charge in [-0.3, -0.25) is 0 Å². The summed E-state index contributed by atoms with van der Waals surface area (Å²) in [7, 11) is -4.63. The summed E-state index contributed by atoms with van der Waals surface area (Å²) in [5.41, 5.74) is 1.02. The molecule has 1 heterocycles. The molecular formula is C14H21N3O4S2. The van der Waals surface area contributed by atoms with Crippen molar-refractivity contribution < 1.29 is 16.8 Å². The van der Waals surface area contributed by atoms with Crippen LogP contribution in [0.25, 0.3) is 0 Å². The zero-order valence-electron chi connectivity index (χ0n) is 13.1. The van der Waals surface area contributed by atoms with Gasteiger partial charge in [0, 0.05) is 27.2 Å². The van der Waals surface area contributed by atoms with Gasteiger partial charge in [-0.05, 0) is 31.2 Å². The Hall–Kier alpha value is -1.26. The van der Waals surface area contributed by atoms with E-state index in [9.17, 15) is 16.8 Å². The zero-order valence-corrected chi connectivity index (χ0v) is 14.7. The fraction of sp³-hybridized carbons (Fsp3) is 0.429. The Morgan fingerprint density at radius 2 is 1.87 bits per heavy atom. The fourth-order valence-electron chi connectivity index (χ4n) is 2.11. The summed E-state index contributed by atoms with van der Waals surface area (Å²) in [5.74, 6) is 0. The first-order valence-electron chi connectivity index (χ1n) is 7.14. The molecule has 0 saturated heterocycles. The molecule has 0 saturated carbocycles. The molecule has 2 rings (SSSR count). The van der Waals surface area contributed by atoms with Crippen LogP contribution in [0, 0.1) is 0 Å². The minimum absolute atomic E-state index is 0.0496. The lowest BCUT2D eigenvalue weighted by atomic mass is 10.1. The Bertz CT molecular complexity index is 799. The minimum Gasteiger partial charge on any atom is -0.313 e. The molecule has 0 unspecified atom stereocenters. The molecule has 0 fully saturated rings. The van der Waals surface area contributed by atoms with Crippen LogP contribution in [-0.2, 0) is 20.0 Å². The van der Waals surface area contributed by atoms with Gasteiger partial charge in [-0.25, -0.2) is 25.9 Å². The molecule has 1 aromatic rings. The number of nitrogens with one attached hydrogen (secondary N) is 2. The second-order valence-electron chi connectivity index (χ2n) is 5.40. The van der Waals surface area contributed by atoms with Gasteiger partial charge < -0.3 is 5.32 Å². The normalized spacial score (nSPS) is 16.4. The highest BCUT2D eigenvalue weighted by molar-refractivity contribution is 7.90. The minimum atomic E-state index is -3.76. The predicted octanol–water partition coefficient (Wildman–Crippen LogP) is 0.135. The molecule has 0 aliphatic carbocycles. The smallest absolute Gasteiger partial charge is 0.242 e. The molecular weight excluding hydrogens is 338 g/mol. The Morgan fingerprint density at radius 3 is 2.48 bits per heavy atom. The van der Waals surface area contributed by atoms with Crippen LogP contribution in [0.5, 0.6) is 0 Å². The van der Waals surface area contributed by atoms with Crippen molar-refractivity contribution >= 4 is 20.0 Å². The number of rotatable bonds is 6. The maximum absolute atomic E-state index is 12.4. The number of benzene rings is 1. The maximum Gasteiger partial charge on any atom is 0.242 e. The summed E-state index contributed by atoms with van der Waals surface area (Å²) in [5, 5.41) is 3.15. The summed E-state index contributed by atoms with van der Waals surface area (Å²) in [4.78, 5) is -0.110. The second-order valence-corrected chi connectivity index (χ2v) is 9.32. The quantitative estimate of drug-likeness (QED) is 0.704. The van der Waals surface area contributed by atoms with Crippen LogP contribution in [0.2, 0.25) is 0 Å². The lowest BCUT2D eigenvalue weighted by molar-refractivity contribution is 0.520. The third kappa shape index (κ3) is 4.39. The zero-order chi connectivity index (χ0) is 17.1. The molecule has 23 heavy (non-hydrogen) atoms. The summed E-state index contributed by atoms with van der Waals surface area (Å²) in [6.07, 6.45) is 2.75. The molecule has 1 aromatic carbocycles. The van der Waals surface area contributed by atoms with E-state index < -0.39 is 20.0 Å². The van der Waals surface area contributed by atoms with E-state index in [4.69, 9.17) is 0 Å². The van der Waals surface area contributed by atoms with Gasteiger partial charge in [0.05, 0.1) is 9.79 Å². The number of hydrogen-bond acceptors (Lipinski definition) is 5. The topological polar surface area (TPSA) is 95.6 Å². The third-order valence-corrected chi connectivity index (χ3v) is 6.75. The van der Waals surface area contributed by atoms with Crippen molar-refractivity contribution in [3.05, 3.63) is 35.9 Å². The summed E-state index contributed by atoms with van der Waals surface area (Å²) >= 11 is 0. The van der Waals surface area contributed by atoms with Crippen LogP contribution in [0.3, 0.4) is 0 Å².